The van der Waals surface area contributed by atoms with Crippen LogP contribution in [0, 0.1) is 11.7 Å². The molecule has 0 bridgehead atoms. The molecule has 3 rings (SSSR count). The van der Waals surface area contributed by atoms with E-state index in [0.29, 0.717) is 10.9 Å². The van der Waals surface area contributed by atoms with Crippen LogP contribution in [0.25, 0.3) is 0 Å². The molecule has 0 aromatic heterocycles. The highest BCUT2D eigenvalue weighted by Gasteiger charge is 2.33. The highest BCUT2D eigenvalue weighted by Crippen LogP contribution is 2.41. The lowest BCUT2D eigenvalue weighted by atomic mass is 10.0. The van der Waals surface area contributed by atoms with Gasteiger partial charge in [-0.05, 0) is 48.6 Å². The second kappa shape index (κ2) is 7.01. The maximum Gasteiger partial charge on any atom is 0.258 e. The Kier molecular flexibility index (Phi) is 4.82. The molecule has 1 amide bonds. The molecule has 1 atom stereocenters. The van der Waals surface area contributed by atoms with Crippen molar-refractivity contribution in [3.8, 4) is 5.75 Å². The molecule has 0 heterocycles. The second-order valence-electron chi connectivity index (χ2n) is 5.65. The van der Waals surface area contributed by atoms with Gasteiger partial charge in [-0.3, -0.25) is 4.79 Å². The molecule has 1 aliphatic rings. The molecule has 120 valence electrons. The third-order valence-electron chi connectivity index (χ3n) is 3.83. The summed E-state index contributed by atoms with van der Waals surface area (Å²) in [6.45, 7) is -0.211. The van der Waals surface area contributed by atoms with Gasteiger partial charge in [-0.25, -0.2) is 4.39 Å². The lowest BCUT2D eigenvalue weighted by Gasteiger charge is -2.19. The molecule has 0 unspecified atom stereocenters. The molecule has 1 N–H and O–H groups in total. The number of hydrogen-bond acceptors (Lipinski definition) is 2. The van der Waals surface area contributed by atoms with E-state index in [0.717, 1.165) is 18.4 Å². The summed E-state index contributed by atoms with van der Waals surface area (Å²) >= 11 is 5.91. The van der Waals surface area contributed by atoms with E-state index in [-0.39, 0.29) is 24.3 Å². The predicted octanol–water partition coefficient (Wildman–Crippen LogP) is 4.13. The normalized spacial score (nSPS) is 15.0. The molecule has 1 saturated carbocycles. The number of para-hydroxylation sites is 1. The first-order valence-corrected chi connectivity index (χ1v) is 7.93. The molecular formula is C18H17ClFNO2. The number of halogens is 2. The maximum atomic E-state index is 13.5. The summed E-state index contributed by atoms with van der Waals surface area (Å²) in [7, 11) is 0. The van der Waals surface area contributed by atoms with Crippen molar-refractivity contribution in [1.29, 1.82) is 0 Å². The Morgan fingerprint density at radius 2 is 1.91 bits per heavy atom. The Bertz CT molecular complexity index is 686. The number of nitrogens with one attached hydrogen (secondary N) is 1. The van der Waals surface area contributed by atoms with Crippen LogP contribution in [-0.4, -0.2) is 12.5 Å². The fourth-order valence-electron chi connectivity index (χ4n) is 2.49. The van der Waals surface area contributed by atoms with Crippen molar-refractivity contribution in [2.24, 2.45) is 5.92 Å². The van der Waals surface area contributed by atoms with E-state index in [2.05, 4.69) is 5.32 Å². The first kappa shape index (κ1) is 15.8. The Balaban J connectivity index is 1.61. The van der Waals surface area contributed by atoms with Crippen molar-refractivity contribution in [2.45, 2.75) is 18.9 Å². The maximum absolute atomic E-state index is 13.5. The van der Waals surface area contributed by atoms with Crippen LogP contribution in [0.2, 0.25) is 5.02 Å². The van der Waals surface area contributed by atoms with Crippen LogP contribution in [0.3, 0.4) is 0 Å². The number of rotatable bonds is 6. The summed E-state index contributed by atoms with van der Waals surface area (Å²) in [4.78, 5) is 12.1. The Morgan fingerprint density at radius 1 is 1.22 bits per heavy atom. The van der Waals surface area contributed by atoms with Crippen molar-refractivity contribution >= 4 is 17.5 Å². The minimum absolute atomic E-state index is 0.0519. The molecule has 23 heavy (non-hydrogen) atoms. The molecule has 3 nitrogen and oxygen atoms in total. The van der Waals surface area contributed by atoms with Crippen LogP contribution >= 0.6 is 11.6 Å². The van der Waals surface area contributed by atoms with E-state index in [9.17, 15) is 9.18 Å². The number of benzene rings is 2. The molecule has 2 aromatic rings. The molecule has 1 fully saturated rings. The second-order valence-corrected chi connectivity index (χ2v) is 6.09. The average Bonchev–Trinajstić information content (AvgIpc) is 3.38. The van der Waals surface area contributed by atoms with E-state index in [4.69, 9.17) is 16.3 Å². The molecule has 0 saturated heterocycles. The van der Waals surface area contributed by atoms with Crippen molar-refractivity contribution in [2.75, 3.05) is 6.61 Å². The van der Waals surface area contributed by atoms with Gasteiger partial charge in [-0.1, -0.05) is 35.9 Å². The third-order valence-corrected chi connectivity index (χ3v) is 4.09. The van der Waals surface area contributed by atoms with Crippen molar-refractivity contribution in [3.63, 3.8) is 0 Å². The van der Waals surface area contributed by atoms with Gasteiger partial charge < -0.3 is 10.1 Å². The molecule has 2 aromatic carbocycles. The quantitative estimate of drug-likeness (QED) is 0.863. The summed E-state index contributed by atoms with van der Waals surface area (Å²) in [5, 5.41) is 3.64. The van der Waals surface area contributed by atoms with Crippen molar-refractivity contribution < 1.29 is 13.9 Å². The summed E-state index contributed by atoms with van der Waals surface area (Å²) in [5.74, 6) is -0.220. The van der Waals surface area contributed by atoms with Crippen LogP contribution in [0.15, 0.2) is 48.5 Å². The third kappa shape index (κ3) is 4.23. The van der Waals surface area contributed by atoms with Crippen LogP contribution in [-0.2, 0) is 4.79 Å². The number of carbonyl (C=O) groups excluding carboxylic acids is 1. The summed E-state index contributed by atoms with van der Waals surface area (Å²) in [5.41, 5.74) is 1.02. The summed E-state index contributed by atoms with van der Waals surface area (Å²) in [6.07, 6.45) is 2.17. The fraction of sp³-hybridized carbons (Fsp3) is 0.278. The first-order valence-electron chi connectivity index (χ1n) is 7.55. The topological polar surface area (TPSA) is 38.3 Å². The monoisotopic (exact) mass is 333 g/mol. The highest BCUT2D eigenvalue weighted by molar-refractivity contribution is 6.30. The van der Waals surface area contributed by atoms with E-state index in [1.807, 2.05) is 24.3 Å². The van der Waals surface area contributed by atoms with Gasteiger partial charge in [0.05, 0.1) is 6.04 Å². The van der Waals surface area contributed by atoms with Crippen molar-refractivity contribution in [3.05, 3.63) is 64.9 Å². The van der Waals surface area contributed by atoms with Gasteiger partial charge in [0.1, 0.15) is 0 Å². The zero-order valence-electron chi connectivity index (χ0n) is 12.5. The Morgan fingerprint density at radius 3 is 2.57 bits per heavy atom. The number of carbonyl (C=O) groups is 1. The van der Waals surface area contributed by atoms with Crippen LogP contribution in [0.4, 0.5) is 4.39 Å². The standard InChI is InChI=1S/C18H17ClFNO2/c19-14-9-7-13(8-10-14)18(12-5-6-12)21-17(22)11-23-16-4-2-1-3-15(16)20/h1-4,7-10,12,18H,5-6,11H2,(H,21,22)/t18-/m0/s1. The average molecular weight is 334 g/mol. The molecule has 1 aliphatic carbocycles. The lowest BCUT2D eigenvalue weighted by molar-refractivity contribution is -0.124. The van der Waals surface area contributed by atoms with Gasteiger partial charge in [0, 0.05) is 5.02 Å². The van der Waals surface area contributed by atoms with Gasteiger partial charge in [-0.2, -0.15) is 0 Å². The van der Waals surface area contributed by atoms with Crippen LogP contribution in [0.1, 0.15) is 24.4 Å². The van der Waals surface area contributed by atoms with Gasteiger partial charge in [0.15, 0.2) is 18.2 Å². The zero-order chi connectivity index (χ0) is 16.2. The zero-order valence-corrected chi connectivity index (χ0v) is 13.2. The van der Waals surface area contributed by atoms with E-state index in [1.165, 1.54) is 12.1 Å². The smallest absolute Gasteiger partial charge is 0.258 e. The number of amides is 1. The Hall–Kier alpha value is -2.07. The van der Waals surface area contributed by atoms with E-state index >= 15 is 0 Å². The van der Waals surface area contributed by atoms with Crippen LogP contribution < -0.4 is 10.1 Å². The molecule has 0 radical (unpaired) electrons. The molecular weight excluding hydrogens is 317 g/mol. The lowest BCUT2D eigenvalue weighted by Crippen LogP contribution is -2.33. The minimum Gasteiger partial charge on any atom is -0.481 e. The van der Waals surface area contributed by atoms with E-state index < -0.39 is 5.82 Å². The SMILES string of the molecule is O=C(COc1ccccc1F)N[C@H](c1ccc(Cl)cc1)C1CC1. The van der Waals surface area contributed by atoms with Gasteiger partial charge in [0.25, 0.3) is 5.91 Å². The van der Waals surface area contributed by atoms with Crippen molar-refractivity contribution in [1.82, 2.24) is 5.32 Å². The van der Waals surface area contributed by atoms with Gasteiger partial charge in [0.2, 0.25) is 0 Å². The largest absolute Gasteiger partial charge is 0.481 e. The molecule has 0 spiro atoms. The molecule has 5 heteroatoms. The highest BCUT2D eigenvalue weighted by atomic mass is 35.5. The van der Waals surface area contributed by atoms with Crippen LogP contribution in [0.5, 0.6) is 5.75 Å². The molecule has 0 aliphatic heterocycles. The van der Waals surface area contributed by atoms with E-state index in [1.54, 1.807) is 12.1 Å². The van der Waals surface area contributed by atoms with Gasteiger partial charge in [-0.15, -0.1) is 0 Å². The van der Waals surface area contributed by atoms with Gasteiger partial charge >= 0.3 is 0 Å². The predicted molar refractivity (Wildman–Crippen MR) is 87.0 cm³/mol. The summed E-state index contributed by atoms with van der Waals surface area (Å²) in [6, 6.07) is 13.5. The summed E-state index contributed by atoms with van der Waals surface area (Å²) < 4.78 is 18.7. The first-order chi connectivity index (χ1) is 11.1. The Labute approximate surface area is 139 Å². The number of hydrogen-bond donors (Lipinski definition) is 1. The minimum atomic E-state index is -0.475. The fourth-order valence-corrected chi connectivity index (χ4v) is 2.62. The number of ether oxygens (including phenoxy) is 1.